The standard InChI is InChI=1S/C6H14NO4P/c1-5(2)11-12(3,9)10-4-6(7)8/h5H,4H2,1-3H3,(H2,7,8). The second-order valence-electron chi connectivity index (χ2n) is 2.67. The van der Waals surface area contributed by atoms with Crippen molar-refractivity contribution in [2.75, 3.05) is 13.3 Å². The number of rotatable bonds is 5. The minimum absolute atomic E-state index is 0.200. The van der Waals surface area contributed by atoms with Gasteiger partial charge in [0, 0.05) is 6.66 Å². The molecule has 2 N–H and O–H groups in total. The van der Waals surface area contributed by atoms with E-state index in [1.54, 1.807) is 13.8 Å². The van der Waals surface area contributed by atoms with Crippen molar-refractivity contribution in [1.82, 2.24) is 0 Å². The Bertz CT molecular complexity index is 204. The van der Waals surface area contributed by atoms with Crippen LogP contribution in [0.4, 0.5) is 0 Å². The highest BCUT2D eigenvalue weighted by molar-refractivity contribution is 7.53. The topological polar surface area (TPSA) is 78.6 Å². The zero-order valence-corrected chi connectivity index (χ0v) is 8.34. The van der Waals surface area contributed by atoms with Gasteiger partial charge in [-0.25, -0.2) is 0 Å². The lowest BCUT2D eigenvalue weighted by molar-refractivity contribution is -0.120. The van der Waals surface area contributed by atoms with Crippen molar-refractivity contribution < 1.29 is 18.4 Å². The molecule has 0 aromatic carbocycles. The first-order valence-electron chi connectivity index (χ1n) is 3.52. The minimum Gasteiger partial charge on any atom is -0.368 e. The molecule has 0 aliphatic rings. The monoisotopic (exact) mass is 195 g/mol. The highest BCUT2D eigenvalue weighted by atomic mass is 31.2. The molecule has 6 heteroatoms. The van der Waals surface area contributed by atoms with Crippen LogP contribution in [0.3, 0.4) is 0 Å². The predicted octanol–water partition coefficient (Wildman–Crippen LogP) is 0.736. The van der Waals surface area contributed by atoms with E-state index in [1.165, 1.54) is 6.66 Å². The molecule has 0 aliphatic carbocycles. The third kappa shape index (κ3) is 6.34. The van der Waals surface area contributed by atoms with Crippen LogP contribution < -0.4 is 5.73 Å². The first-order valence-corrected chi connectivity index (χ1v) is 5.51. The third-order valence-electron chi connectivity index (χ3n) is 0.844. The molecule has 5 nitrogen and oxygen atoms in total. The van der Waals surface area contributed by atoms with Crippen LogP contribution in [0.1, 0.15) is 13.8 Å². The number of nitrogens with two attached hydrogens (primary N) is 1. The van der Waals surface area contributed by atoms with Crippen LogP contribution in [0, 0.1) is 0 Å². The lowest BCUT2D eigenvalue weighted by atomic mass is 10.5. The lowest BCUT2D eigenvalue weighted by Gasteiger charge is -2.15. The van der Waals surface area contributed by atoms with E-state index in [1.807, 2.05) is 0 Å². The average Bonchev–Trinajstić information content (AvgIpc) is 1.81. The molecule has 0 rings (SSSR count). The van der Waals surface area contributed by atoms with Crippen molar-refractivity contribution in [3.05, 3.63) is 0 Å². The Morgan fingerprint density at radius 1 is 1.58 bits per heavy atom. The first-order chi connectivity index (χ1) is 5.33. The van der Waals surface area contributed by atoms with E-state index >= 15 is 0 Å². The van der Waals surface area contributed by atoms with Gasteiger partial charge >= 0.3 is 7.60 Å². The van der Waals surface area contributed by atoms with Gasteiger partial charge in [-0.15, -0.1) is 0 Å². The van der Waals surface area contributed by atoms with Crippen molar-refractivity contribution in [1.29, 1.82) is 0 Å². The molecule has 0 spiro atoms. The molecule has 0 aliphatic heterocycles. The summed E-state index contributed by atoms with van der Waals surface area (Å²) in [5, 5.41) is 0. The molecule has 0 aromatic heterocycles. The fourth-order valence-corrected chi connectivity index (χ4v) is 1.78. The Morgan fingerprint density at radius 3 is 2.42 bits per heavy atom. The molecular formula is C6H14NO4P. The molecule has 12 heavy (non-hydrogen) atoms. The molecule has 0 radical (unpaired) electrons. The summed E-state index contributed by atoms with van der Waals surface area (Å²) in [6, 6.07) is 0. The van der Waals surface area contributed by atoms with E-state index in [0.29, 0.717) is 0 Å². The Hall–Kier alpha value is -0.380. The highest BCUT2D eigenvalue weighted by Crippen LogP contribution is 2.44. The SMILES string of the molecule is CC(C)OP(C)(=O)OCC(N)=O. The molecule has 0 aromatic rings. The highest BCUT2D eigenvalue weighted by Gasteiger charge is 2.19. The number of amides is 1. The van der Waals surface area contributed by atoms with E-state index in [9.17, 15) is 9.36 Å². The quantitative estimate of drug-likeness (QED) is 0.656. The first kappa shape index (κ1) is 11.6. The predicted molar refractivity (Wildman–Crippen MR) is 44.9 cm³/mol. The summed E-state index contributed by atoms with van der Waals surface area (Å²) in [4.78, 5) is 10.3. The summed E-state index contributed by atoms with van der Waals surface area (Å²) >= 11 is 0. The van der Waals surface area contributed by atoms with Crippen LogP contribution in [0.5, 0.6) is 0 Å². The van der Waals surface area contributed by atoms with Gasteiger partial charge in [-0.1, -0.05) is 0 Å². The van der Waals surface area contributed by atoms with Gasteiger partial charge < -0.3 is 10.3 Å². The summed E-state index contributed by atoms with van der Waals surface area (Å²) in [6.07, 6.45) is -0.200. The van der Waals surface area contributed by atoms with Crippen LogP contribution in [-0.2, 0) is 18.4 Å². The van der Waals surface area contributed by atoms with Crippen LogP contribution in [0.2, 0.25) is 0 Å². The van der Waals surface area contributed by atoms with E-state index in [4.69, 9.17) is 10.3 Å². The minimum atomic E-state index is -3.10. The smallest absolute Gasteiger partial charge is 0.328 e. The van der Waals surface area contributed by atoms with Gasteiger partial charge in [0.15, 0.2) is 0 Å². The summed E-state index contributed by atoms with van der Waals surface area (Å²) < 4.78 is 20.9. The van der Waals surface area contributed by atoms with Crippen LogP contribution in [0.25, 0.3) is 0 Å². The van der Waals surface area contributed by atoms with E-state index in [0.717, 1.165) is 0 Å². The molecule has 72 valence electrons. The Morgan fingerprint density at radius 2 is 2.08 bits per heavy atom. The summed E-state index contributed by atoms with van der Waals surface area (Å²) in [6.45, 7) is 4.38. The molecule has 1 amide bonds. The fraction of sp³-hybridized carbons (Fsp3) is 0.833. The van der Waals surface area contributed by atoms with Crippen LogP contribution >= 0.6 is 7.60 Å². The van der Waals surface area contributed by atoms with E-state index in [-0.39, 0.29) is 12.7 Å². The van der Waals surface area contributed by atoms with Gasteiger partial charge in [0.1, 0.15) is 6.61 Å². The Kier molecular flexibility index (Phi) is 4.45. The largest absolute Gasteiger partial charge is 0.368 e. The van der Waals surface area contributed by atoms with Crippen molar-refractivity contribution in [2.24, 2.45) is 5.73 Å². The third-order valence-corrected chi connectivity index (χ3v) is 2.25. The molecule has 0 heterocycles. The van der Waals surface area contributed by atoms with Crippen LogP contribution in [0.15, 0.2) is 0 Å². The van der Waals surface area contributed by atoms with Gasteiger partial charge in [-0.2, -0.15) is 0 Å². The zero-order chi connectivity index (χ0) is 9.78. The number of carbonyl (C=O) groups excluding carboxylic acids is 1. The number of hydrogen-bond acceptors (Lipinski definition) is 4. The number of carbonyl (C=O) groups is 1. The lowest BCUT2D eigenvalue weighted by Crippen LogP contribution is -2.18. The Balaban J connectivity index is 3.88. The molecule has 0 saturated carbocycles. The number of primary amides is 1. The maximum Gasteiger partial charge on any atom is 0.328 e. The fourth-order valence-electron chi connectivity index (χ4n) is 0.594. The summed E-state index contributed by atoms with van der Waals surface area (Å²) in [7, 11) is -3.10. The van der Waals surface area contributed by atoms with Gasteiger partial charge in [0.25, 0.3) is 0 Å². The molecule has 0 bridgehead atoms. The van der Waals surface area contributed by atoms with Gasteiger partial charge in [0.2, 0.25) is 5.91 Å². The maximum atomic E-state index is 11.3. The van der Waals surface area contributed by atoms with Gasteiger partial charge in [-0.3, -0.25) is 13.9 Å². The van der Waals surface area contributed by atoms with Gasteiger partial charge in [-0.05, 0) is 13.8 Å². The molecule has 0 fully saturated rings. The zero-order valence-electron chi connectivity index (χ0n) is 7.44. The second kappa shape index (κ2) is 4.60. The van der Waals surface area contributed by atoms with Crippen molar-refractivity contribution >= 4 is 13.5 Å². The van der Waals surface area contributed by atoms with Crippen LogP contribution in [-0.4, -0.2) is 25.3 Å². The van der Waals surface area contributed by atoms with E-state index in [2.05, 4.69) is 4.52 Å². The summed E-state index contributed by atoms with van der Waals surface area (Å²) in [5.41, 5.74) is 4.79. The van der Waals surface area contributed by atoms with Crippen molar-refractivity contribution in [2.45, 2.75) is 20.0 Å². The molecule has 1 unspecified atom stereocenters. The average molecular weight is 195 g/mol. The molecule has 0 saturated heterocycles. The van der Waals surface area contributed by atoms with Crippen molar-refractivity contribution in [3.8, 4) is 0 Å². The normalized spacial score (nSPS) is 16.0. The molecule has 1 atom stereocenters. The number of hydrogen-bond donors (Lipinski definition) is 1. The molecular weight excluding hydrogens is 181 g/mol. The Labute approximate surface area is 71.8 Å². The van der Waals surface area contributed by atoms with Crippen molar-refractivity contribution in [3.63, 3.8) is 0 Å². The second-order valence-corrected chi connectivity index (χ2v) is 4.68. The van der Waals surface area contributed by atoms with E-state index < -0.39 is 13.5 Å². The summed E-state index contributed by atoms with van der Waals surface area (Å²) in [5.74, 6) is -0.663. The maximum absolute atomic E-state index is 11.3. The van der Waals surface area contributed by atoms with Gasteiger partial charge in [0.05, 0.1) is 6.10 Å².